The third-order valence-electron chi connectivity index (χ3n) is 5.35. The summed E-state index contributed by atoms with van der Waals surface area (Å²) in [6, 6.07) is 15.0. The standard InChI is InChI=1S/C22H18Cl2N4OS/c23-15-10-8-13(9-11-15)20-19-17(6-3-7-18(19)29)25-21-26-22(27-28(20)21)30-12-14-4-1-2-5-16(14)24/h1-2,4-5,8-11,20H,3,6-7,12H2,(H,25,26,27). The molecule has 0 saturated heterocycles. The highest BCUT2D eigenvalue weighted by Gasteiger charge is 2.36. The van der Waals surface area contributed by atoms with E-state index in [1.165, 1.54) is 11.8 Å². The number of anilines is 1. The first-order chi connectivity index (χ1) is 14.6. The number of allylic oxidation sites excluding steroid dienone is 2. The summed E-state index contributed by atoms with van der Waals surface area (Å²) >= 11 is 13.9. The minimum absolute atomic E-state index is 0.162. The number of rotatable bonds is 4. The van der Waals surface area contributed by atoms with Crippen LogP contribution in [0.5, 0.6) is 0 Å². The minimum Gasteiger partial charge on any atom is -0.328 e. The van der Waals surface area contributed by atoms with Gasteiger partial charge in [-0.1, -0.05) is 65.3 Å². The Kier molecular flexibility index (Phi) is 5.31. The van der Waals surface area contributed by atoms with Gasteiger partial charge < -0.3 is 5.32 Å². The SMILES string of the molecule is O=C1CCCC2=C1C(c1ccc(Cl)cc1)n1nc(SCc3ccccc3Cl)nc1N2. The van der Waals surface area contributed by atoms with Crippen LogP contribution < -0.4 is 5.32 Å². The average molecular weight is 457 g/mol. The summed E-state index contributed by atoms with van der Waals surface area (Å²) in [4.78, 5) is 17.5. The maximum atomic E-state index is 12.8. The quantitative estimate of drug-likeness (QED) is 0.495. The zero-order chi connectivity index (χ0) is 20.7. The van der Waals surface area contributed by atoms with Gasteiger partial charge in [0.05, 0.1) is 0 Å². The summed E-state index contributed by atoms with van der Waals surface area (Å²) in [6.07, 6.45) is 2.24. The van der Waals surface area contributed by atoms with Crippen LogP contribution in [0.1, 0.15) is 36.4 Å². The van der Waals surface area contributed by atoms with Crippen LogP contribution in [-0.2, 0) is 10.5 Å². The van der Waals surface area contributed by atoms with Gasteiger partial charge in [0.1, 0.15) is 6.04 Å². The second-order valence-electron chi connectivity index (χ2n) is 7.29. The first-order valence-electron chi connectivity index (χ1n) is 9.71. The number of thioether (sulfide) groups is 1. The second-order valence-corrected chi connectivity index (χ2v) is 9.08. The largest absolute Gasteiger partial charge is 0.328 e. The molecule has 1 unspecified atom stereocenters. The number of hydrogen-bond acceptors (Lipinski definition) is 5. The molecule has 0 spiro atoms. The van der Waals surface area contributed by atoms with E-state index >= 15 is 0 Å². The molecule has 0 amide bonds. The van der Waals surface area contributed by atoms with E-state index in [1.54, 1.807) is 0 Å². The van der Waals surface area contributed by atoms with Crippen LogP contribution in [-0.4, -0.2) is 20.5 Å². The Morgan fingerprint density at radius 1 is 1.10 bits per heavy atom. The van der Waals surface area contributed by atoms with Gasteiger partial charge in [0.25, 0.3) is 0 Å². The number of Topliss-reactive ketones (excluding diaryl/α,β-unsaturated/α-hetero) is 1. The van der Waals surface area contributed by atoms with Gasteiger partial charge in [-0.2, -0.15) is 4.98 Å². The predicted octanol–water partition coefficient (Wildman–Crippen LogP) is 5.90. The number of carbonyl (C=O) groups excluding carboxylic acids is 1. The van der Waals surface area contributed by atoms with Gasteiger partial charge >= 0.3 is 0 Å². The highest BCUT2D eigenvalue weighted by Crippen LogP contribution is 2.41. The molecular formula is C22H18Cl2N4OS. The van der Waals surface area contributed by atoms with Crippen molar-refractivity contribution >= 4 is 46.7 Å². The molecule has 1 aliphatic carbocycles. The zero-order valence-electron chi connectivity index (χ0n) is 15.9. The predicted molar refractivity (Wildman–Crippen MR) is 120 cm³/mol. The van der Waals surface area contributed by atoms with Crippen LogP contribution in [0.4, 0.5) is 5.95 Å². The maximum Gasteiger partial charge on any atom is 0.227 e. The number of aromatic nitrogens is 3. The Balaban J connectivity index is 1.51. The van der Waals surface area contributed by atoms with Crippen molar-refractivity contribution in [2.24, 2.45) is 0 Å². The minimum atomic E-state index is -0.302. The van der Waals surface area contributed by atoms with Crippen LogP contribution in [0.15, 0.2) is 65.0 Å². The molecule has 5 rings (SSSR count). The summed E-state index contributed by atoms with van der Waals surface area (Å²) < 4.78 is 1.82. The molecule has 0 saturated carbocycles. The number of nitrogens with one attached hydrogen (secondary N) is 1. The van der Waals surface area contributed by atoms with E-state index in [0.717, 1.165) is 40.3 Å². The van der Waals surface area contributed by atoms with Gasteiger partial charge in [0, 0.05) is 33.5 Å². The van der Waals surface area contributed by atoms with Crippen LogP contribution >= 0.6 is 35.0 Å². The Morgan fingerprint density at radius 2 is 1.90 bits per heavy atom. The number of hydrogen-bond donors (Lipinski definition) is 1. The second kappa shape index (κ2) is 8.10. The van der Waals surface area contributed by atoms with Crippen molar-refractivity contribution < 1.29 is 4.79 Å². The Hall–Kier alpha value is -2.28. The molecule has 152 valence electrons. The van der Waals surface area contributed by atoms with E-state index in [4.69, 9.17) is 33.3 Å². The topological polar surface area (TPSA) is 59.8 Å². The molecule has 1 aliphatic heterocycles. The Labute approximate surface area is 188 Å². The fourth-order valence-electron chi connectivity index (χ4n) is 3.91. The van der Waals surface area contributed by atoms with Gasteiger partial charge in [0.15, 0.2) is 5.78 Å². The van der Waals surface area contributed by atoms with Crippen molar-refractivity contribution in [3.63, 3.8) is 0 Å². The zero-order valence-corrected chi connectivity index (χ0v) is 18.3. The first-order valence-corrected chi connectivity index (χ1v) is 11.5. The number of carbonyl (C=O) groups is 1. The van der Waals surface area contributed by atoms with Crippen molar-refractivity contribution in [3.05, 3.63) is 81.0 Å². The summed E-state index contributed by atoms with van der Waals surface area (Å²) in [6.45, 7) is 0. The molecule has 0 bridgehead atoms. The fraction of sp³-hybridized carbons (Fsp3) is 0.227. The maximum absolute atomic E-state index is 12.8. The lowest BCUT2D eigenvalue weighted by atomic mass is 9.85. The average Bonchev–Trinajstić information content (AvgIpc) is 3.15. The number of fused-ring (bicyclic) bond motifs is 1. The molecule has 2 aliphatic rings. The molecule has 0 radical (unpaired) electrons. The van der Waals surface area contributed by atoms with E-state index in [9.17, 15) is 4.79 Å². The van der Waals surface area contributed by atoms with Crippen molar-refractivity contribution in [2.45, 2.75) is 36.2 Å². The molecule has 2 heterocycles. The van der Waals surface area contributed by atoms with E-state index in [0.29, 0.717) is 28.3 Å². The van der Waals surface area contributed by atoms with E-state index < -0.39 is 0 Å². The monoisotopic (exact) mass is 456 g/mol. The first kappa shape index (κ1) is 19.7. The van der Waals surface area contributed by atoms with Gasteiger partial charge in [-0.15, -0.1) is 5.10 Å². The summed E-state index contributed by atoms with van der Waals surface area (Å²) in [7, 11) is 0. The lowest BCUT2D eigenvalue weighted by Gasteiger charge is -2.32. The molecule has 1 aromatic heterocycles. The molecule has 2 aromatic carbocycles. The van der Waals surface area contributed by atoms with Crippen LogP contribution in [0.25, 0.3) is 0 Å². The van der Waals surface area contributed by atoms with Crippen molar-refractivity contribution in [2.75, 3.05) is 5.32 Å². The number of ketones is 1. The molecule has 30 heavy (non-hydrogen) atoms. The highest BCUT2D eigenvalue weighted by atomic mass is 35.5. The van der Waals surface area contributed by atoms with Gasteiger partial charge in [0.2, 0.25) is 11.1 Å². The summed E-state index contributed by atoms with van der Waals surface area (Å²) in [5.74, 6) is 1.49. The number of benzene rings is 2. The molecule has 8 heteroatoms. The van der Waals surface area contributed by atoms with E-state index in [1.807, 2.05) is 53.2 Å². The highest BCUT2D eigenvalue weighted by molar-refractivity contribution is 7.98. The summed E-state index contributed by atoms with van der Waals surface area (Å²) in [5.41, 5.74) is 3.74. The van der Waals surface area contributed by atoms with Crippen molar-refractivity contribution in [1.29, 1.82) is 0 Å². The fourth-order valence-corrected chi connectivity index (χ4v) is 5.15. The van der Waals surface area contributed by atoms with Crippen LogP contribution in [0.3, 0.4) is 0 Å². The summed E-state index contributed by atoms with van der Waals surface area (Å²) in [5, 5.41) is 10.1. The van der Waals surface area contributed by atoms with Crippen LogP contribution in [0, 0.1) is 0 Å². The normalized spacial score (nSPS) is 18.1. The van der Waals surface area contributed by atoms with E-state index in [2.05, 4.69) is 5.32 Å². The lowest BCUT2D eigenvalue weighted by molar-refractivity contribution is -0.116. The molecule has 1 N–H and O–H groups in total. The number of halogens is 2. The number of nitrogens with zero attached hydrogens (tertiary/aromatic N) is 3. The molecule has 3 aromatic rings. The smallest absolute Gasteiger partial charge is 0.227 e. The Morgan fingerprint density at radius 3 is 2.70 bits per heavy atom. The third-order valence-corrected chi connectivity index (χ3v) is 6.86. The van der Waals surface area contributed by atoms with Gasteiger partial charge in [-0.05, 0) is 42.2 Å². The molecule has 5 nitrogen and oxygen atoms in total. The third kappa shape index (κ3) is 3.64. The van der Waals surface area contributed by atoms with E-state index in [-0.39, 0.29) is 11.8 Å². The van der Waals surface area contributed by atoms with Gasteiger partial charge in [-0.25, -0.2) is 4.68 Å². The van der Waals surface area contributed by atoms with Crippen molar-refractivity contribution in [3.8, 4) is 0 Å². The van der Waals surface area contributed by atoms with Crippen LogP contribution in [0.2, 0.25) is 10.0 Å². The molecule has 1 atom stereocenters. The van der Waals surface area contributed by atoms with Gasteiger partial charge in [-0.3, -0.25) is 4.79 Å². The molecular weight excluding hydrogens is 439 g/mol. The Bertz CT molecular complexity index is 1160. The lowest BCUT2D eigenvalue weighted by Crippen LogP contribution is -2.31. The molecule has 0 fully saturated rings. The van der Waals surface area contributed by atoms with Crippen molar-refractivity contribution in [1.82, 2.24) is 14.8 Å².